The number of hydrogen-bond acceptors (Lipinski definition) is 2. The quantitative estimate of drug-likeness (QED) is 0.107. The topological polar surface area (TPSA) is 6.48 Å². The molecule has 0 radical (unpaired) electrons. The van der Waals surface area contributed by atoms with E-state index in [9.17, 15) is 0 Å². The molecule has 0 fully saturated rings. The van der Waals surface area contributed by atoms with Gasteiger partial charge in [-0.1, -0.05) is 345 Å². The van der Waals surface area contributed by atoms with Gasteiger partial charge in [-0.15, -0.1) is 0 Å². The molecule has 2 atom stereocenters. The lowest BCUT2D eigenvalue weighted by Gasteiger charge is -2.35. The number of rotatable bonds is 14. The van der Waals surface area contributed by atoms with Crippen LogP contribution in [0.4, 0.5) is 34.1 Å². The SMILES string of the molecule is C=Cc1ccc(C2(c3ccc(C(C)(C)C)cc3)c3ccccc3-c3ccc(N(c4ccc(-c5ccccc5)cc4)c4ccc(-c5ccc(N(c6ccc(-c7ccccc7)cc6)c6ccc7c(c6)C(c6ccc(C)cc6)(c6ccc(C(C)(C)C)cc6)c6ccccc6-7)c6ccccc56)cc4)cc32)cc1. The highest BCUT2D eigenvalue weighted by atomic mass is 15.1. The molecule has 0 heterocycles. The number of nitrogens with zero attached hydrogens (tertiary/aromatic N) is 2. The number of aryl methyl sites for hydroxylation is 1. The molecule has 0 saturated carbocycles. The van der Waals surface area contributed by atoms with Gasteiger partial charge in [0, 0.05) is 33.8 Å². The van der Waals surface area contributed by atoms with E-state index in [1.807, 2.05) is 6.08 Å². The van der Waals surface area contributed by atoms with Crippen molar-refractivity contribution in [3.8, 4) is 55.6 Å². The zero-order chi connectivity index (χ0) is 70.2. The maximum absolute atomic E-state index is 4.16. The summed E-state index contributed by atoms with van der Waals surface area (Å²) < 4.78 is 0. The van der Waals surface area contributed by atoms with Crippen molar-refractivity contribution in [3.63, 3.8) is 0 Å². The molecule has 0 aromatic heterocycles. The van der Waals surface area contributed by atoms with E-state index < -0.39 is 10.8 Å². The number of hydrogen-bond donors (Lipinski definition) is 0. The predicted octanol–water partition coefficient (Wildman–Crippen LogP) is 27.1. The van der Waals surface area contributed by atoms with Crippen LogP contribution in [-0.2, 0) is 21.7 Å². The van der Waals surface area contributed by atoms with Crippen molar-refractivity contribution in [2.75, 3.05) is 9.80 Å². The summed E-state index contributed by atoms with van der Waals surface area (Å²) >= 11 is 0. The molecule has 2 heteroatoms. The Kier molecular flexibility index (Phi) is 15.9. The molecule has 2 unspecified atom stereocenters. The Hall–Kier alpha value is -12.1. The van der Waals surface area contributed by atoms with Crippen molar-refractivity contribution < 1.29 is 0 Å². The molecule has 0 N–H and O–H groups in total. The van der Waals surface area contributed by atoms with E-state index in [1.165, 1.54) is 111 Å². The van der Waals surface area contributed by atoms with Gasteiger partial charge >= 0.3 is 0 Å². The largest absolute Gasteiger partial charge is 0.310 e. The molecule has 496 valence electrons. The number of anilines is 6. The third-order valence-electron chi connectivity index (χ3n) is 22.0. The molecule has 0 bridgehead atoms. The summed E-state index contributed by atoms with van der Waals surface area (Å²) in [6.45, 7) is 20.1. The second kappa shape index (κ2) is 25.5. The van der Waals surface area contributed by atoms with Gasteiger partial charge in [0.25, 0.3) is 0 Å². The minimum atomic E-state index is -0.628. The minimum Gasteiger partial charge on any atom is -0.310 e. The van der Waals surface area contributed by atoms with Gasteiger partial charge in [0.1, 0.15) is 0 Å². The first-order chi connectivity index (χ1) is 50.2. The molecule has 2 nitrogen and oxygen atoms in total. The van der Waals surface area contributed by atoms with E-state index in [2.05, 4.69) is 417 Å². The van der Waals surface area contributed by atoms with Gasteiger partial charge in [0.15, 0.2) is 0 Å². The van der Waals surface area contributed by atoms with Gasteiger partial charge in [-0.25, -0.2) is 0 Å². The third kappa shape index (κ3) is 10.9. The highest BCUT2D eigenvalue weighted by molar-refractivity contribution is 6.07. The Morgan fingerprint density at radius 1 is 0.272 bits per heavy atom. The van der Waals surface area contributed by atoms with Crippen LogP contribution in [0.25, 0.3) is 72.5 Å². The maximum atomic E-state index is 4.16. The fraction of sp³-hybridized carbons (Fsp3) is 0.109. The van der Waals surface area contributed by atoms with Gasteiger partial charge in [0.05, 0.1) is 16.5 Å². The lowest BCUT2D eigenvalue weighted by Crippen LogP contribution is -2.29. The lowest BCUT2D eigenvalue weighted by atomic mass is 9.67. The van der Waals surface area contributed by atoms with E-state index in [0.29, 0.717) is 0 Å². The molecule has 15 aromatic carbocycles. The smallest absolute Gasteiger partial charge is 0.0714 e. The lowest BCUT2D eigenvalue weighted by molar-refractivity contribution is 0.589. The van der Waals surface area contributed by atoms with Crippen LogP contribution in [0.5, 0.6) is 0 Å². The average molecular weight is 1320 g/mol. The van der Waals surface area contributed by atoms with Crippen molar-refractivity contribution in [2.24, 2.45) is 0 Å². The molecule has 2 aliphatic rings. The molecule has 15 aromatic rings. The first-order valence-corrected chi connectivity index (χ1v) is 36.2. The normalized spacial score (nSPS) is 15.1. The standard InChI is InChI=1S/C101H82N2/c1-9-69-34-44-78(45-35-69)101(80-52-48-76(49-53-80)99(6,7)8)94-31-21-19-27-88(94)90-62-60-84(66-95(90)101)102(81-54-36-72(37-55-81)70-22-12-10-13-23-70)82-58-40-74(41-59-82)86-64-65-97(92-29-17-16-26-87(86)92)103(83-56-38-73(39-57-83)71-24-14-11-15-25-71)85-61-63-91-89-28-18-20-30-93(89)100(96(91)67-85,77-42-32-68(2)33-43-77)79-50-46-75(47-51-79)98(3,4)5/h9-67H,1H2,2-8H3. The zero-order valence-electron chi connectivity index (χ0n) is 59.7. The van der Waals surface area contributed by atoms with Crippen LogP contribution in [0.2, 0.25) is 0 Å². The number of benzene rings is 15. The minimum absolute atomic E-state index is 0.00175. The number of fused-ring (bicyclic) bond motifs is 7. The molecule has 0 aliphatic heterocycles. The van der Waals surface area contributed by atoms with Crippen LogP contribution in [0, 0.1) is 6.92 Å². The molecule has 103 heavy (non-hydrogen) atoms. The average Bonchev–Trinajstić information content (AvgIpc) is 1.57. The van der Waals surface area contributed by atoms with Gasteiger partial charge in [-0.05, 0) is 207 Å². The Labute approximate surface area is 607 Å². The molecule has 0 saturated heterocycles. The van der Waals surface area contributed by atoms with Crippen LogP contribution in [0.1, 0.15) is 108 Å². The third-order valence-corrected chi connectivity index (χ3v) is 22.0. The van der Waals surface area contributed by atoms with Gasteiger partial charge < -0.3 is 9.80 Å². The highest BCUT2D eigenvalue weighted by Crippen LogP contribution is 2.60. The van der Waals surface area contributed by atoms with Crippen molar-refractivity contribution in [1.82, 2.24) is 0 Å². The van der Waals surface area contributed by atoms with Crippen LogP contribution < -0.4 is 9.80 Å². The second-order valence-electron chi connectivity index (χ2n) is 30.1. The monoisotopic (exact) mass is 1320 g/mol. The summed E-state index contributed by atoms with van der Waals surface area (Å²) in [6, 6.07) is 133. The van der Waals surface area contributed by atoms with Crippen molar-refractivity contribution in [3.05, 3.63) is 425 Å². The van der Waals surface area contributed by atoms with Crippen LogP contribution in [0.3, 0.4) is 0 Å². The molecule has 0 amide bonds. The Morgan fingerprint density at radius 2 is 0.612 bits per heavy atom. The van der Waals surface area contributed by atoms with E-state index in [1.54, 1.807) is 0 Å². The summed E-state index contributed by atoms with van der Waals surface area (Å²) in [5, 5.41) is 2.32. The summed E-state index contributed by atoms with van der Waals surface area (Å²) in [5.41, 5.74) is 32.2. The van der Waals surface area contributed by atoms with Crippen LogP contribution >= 0.6 is 0 Å². The van der Waals surface area contributed by atoms with Gasteiger partial charge in [-0.3, -0.25) is 0 Å². The maximum Gasteiger partial charge on any atom is 0.0714 e. The van der Waals surface area contributed by atoms with Gasteiger partial charge in [-0.2, -0.15) is 0 Å². The molecule has 0 spiro atoms. The zero-order valence-corrected chi connectivity index (χ0v) is 59.7. The summed E-state index contributed by atoms with van der Waals surface area (Å²) in [7, 11) is 0. The van der Waals surface area contributed by atoms with E-state index >= 15 is 0 Å². The molecular weight excluding hydrogens is 1240 g/mol. The van der Waals surface area contributed by atoms with E-state index in [4.69, 9.17) is 0 Å². The van der Waals surface area contributed by atoms with Gasteiger partial charge in [0.2, 0.25) is 0 Å². The summed E-state index contributed by atoms with van der Waals surface area (Å²) in [6.07, 6.45) is 1.94. The second-order valence-corrected chi connectivity index (χ2v) is 30.1. The van der Waals surface area contributed by atoms with Crippen molar-refractivity contribution in [2.45, 2.75) is 70.1 Å². The first-order valence-electron chi connectivity index (χ1n) is 36.2. The summed E-state index contributed by atoms with van der Waals surface area (Å²) in [4.78, 5) is 4.94. The van der Waals surface area contributed by atoms with Crippen molar-refractivity contribution >= 4 is 51.0 Å². The molecule has 17 rings (SSSR count). The Balaban J connectivity index is 0.818. The fourth-order valence-electron chi connectivity index (χ4n) is 16.8. The van der Waals surface area contributed by atoms with Crippen LogP contribution in [-0.4, -0.2) is 0 Å². The van der Waals surface area contributed by atoms with Crippen LogP contribution in [0.15, 0.2) is 358 Å². The Morgan fingerprint density at radius 3 is 1.06 bits per heavy atom. The van der Waals surface area contributed by atoms with E-state index in [-0.39, 0.29) is 10.8 Å². The fourth-order valence-corrected chi connectivity index (χ4v) is 16.8. The summed E-state index contributed by atoms with van der Waals surface area (Å²) in [5.74, 6) is 0. The highest BCUT2D eigenvalue weighted by Gasteiger charge is 2.48. The predicted molar refractivity (Wildman–Crippen MR) is 436 cm³/mol. The first kappa shape index (κ1) is 64.3. The van der Waals surface area contributed by atoms with E-state index in [0.717, 1.165) is 56.2 Å². The molecular formula is C101H82N2. The Bertz CT molecular complexity index is 5660. The van der Waals surface area contributed by atoms with Crippen molar-refractivity contribution in [1.29, 1.82) is 0 Å². The molecule has 2 aliphatic carbocycles.